The van der Waals surface area contributed by atoms with Gasteiger partial charge in [0.15, 0.2) is 0 Å². The minimum atomic E-state index is -3.92. The van der Waals surface area contributed by atoms with E-state index in [9.17, 15) is 18.0 Å². The number of nitrogens with one attached hydrogen (secondary N) is 1. The quantitative estimate of drug-likeness (QED) is 0.467. The van der Waals surface area contributed by atoms with Crippen molar-refractivity contribution in [1.29, 1.82) is 0 Å². The van der Waals surface area contributed by atoms with Crippen LogP contribution in [0.5, 0.6) is 0 Å². The molecular weight excluding hydrogens is 509 g/mol. The van der Waals surface area contributed by atoms with Crippen LogP contribution in [0.2, 0.25) is 15.1 Å². The molecule has 180 valence electrons. The molecule has 33 heavy (non-hydrogen) atoms. The molecule has 0 bridgehead atoms. The topological polar surface area (TPSA) is 86.8 Å². The fourth-order valence-corrected chi connectivity index (χ4v) is 4.74. The van der Waals surface area contributed by atoms with E-state index < -0.39 is 28.5 Å². The van der Waals surface area contributed by atoms with E-state index in [0.29, 0.717) is 13.0 Å². The Hall–Kier alpha value is -2.00. The van der Waals surface area contributed by atoms with Gasteiger partial charge < -0.3 is 10.2 Å². The van der Waals surface area contributed by atoms with Crippen molar-refractivity contribution in [1.82, 2.24) is 10.2 Å². The van der Waals surface area contributed by atoms with E-state index >= 15 is 0 Å². The van der Waals surface area contributed by atoms with Gasteiger partial charge in [-0.1, -0.05) is 65.1 Å². The summed E-state index contributed by atoms with van der Waals surface area (Å²) in [6, 6.07) is 11.3. The van der Waals surface area contributed by atoms with Crippen LogP contribution >= 0.6 is 34.8 Å². The van der Waals surface area contributed by atoms with Gasteiger partial charge in [0.2, 0.25) is 21.8 Å². The summed E-state index contributed by atoms with van der Waals surface area (Å²) < 4.78 is 26.0. The molecule has 0 aliphatic carbocycles. The van der Waals surface area contributed by atoms with Crippen LogP contribution in [0.25, 0.3) is 0 Å². The molecule has 2 aromatic carbocycles. The summed E-state index contributed by atoms with van der Waals surface area (Å²) in [5, 5.41) is 2.97. The van der Waals surface area contributed by atoms with Gasteiger partial charge in [-0.2, -0.15) is 0 Å². The normalized spacial score (nSPS) is 12.2. The molecule has 0 spiro atoms. The summed E-state index contributed by atoms with van der Waals surface area (Å²) in [4.78, 5) is 27.2. The number of halogens is 3. The van der Waals surface area contributed by atoms with Gasteiger partial charge in [0.05, 0.1) is 27.0 Å². The van der Waals surface area contributed by atoms with E-state index in [1.807, 2.05) is 30.3 Å². The van der Waals surface area contributed by atoms with Crippen molar-refractivity contribution in [2.24, 2.45) is 0 Å². The lowest BCUT2D eigenvalue weighted by Gasteiger charge is -2.31. The Bertz CT molecular complexity index is 1100. The number of hydrogen-bond acceptors (Lipinski definition) is 4. The van der Waals surface area contributed by atoms with Crippen molar-refractivity contribution < 1.29 is 18.0 Å². The fraction of sp³-hybridized carbons (Fsp3) is 0.364. The van der Waals surface area contributed by atoms with Gasteiger partial charge in [0.25, 0.3) is 0 Å². The average Bonchev–Trinajstić information content (AvgIpc) is 2.75. The van der Waals surface area contributed by atoms with Crippen LogP contribution in [0.3, 0.4) is 0 Å². The Balaban J connectivity index is 2.37. The number of amides is 2. The van der Waals surface area contributed by atoms with Crippen molar-refractivity contribution in [3.05, 3.63) is 63.1 Å². The van der Waals surface area contributed by atoms with E-state index in [-0.39, 0.29) is 33.2 Å². The lowest BCUT2D eigenvalue weighted by Crippen LogP contribution is -2.52. The van der Waals surface area contributed by atoms with Gasteiger partial charge in [-0.25, -0.2) is 8.42 Å². The maximum absolute atomic E-state index is 13.3. The summed E-state index contributed by atoms with van der Waals surface area (Å²) in [6.45, 7) is 3.43. The second kappa shape index (κ2) is 11.9. The Labute approximate surface area is 209 Å². The number of nitrogens with zero attached hydrogens (tertiary/aromatic N) is 2. The van der Waals surface area contributed by atoms with Crippen molar-refractivity contribution in [3.8, 4) is 0 Å². The molecule has 0 aromatic heterocycles. The van der Waals surface area contributed by atoms with Crippen LogP contribution < -0.4 is 9.62 Å². The third kappa shape index (κ3) is 7.50. The number of anilines is 1. The Kier molecular flexibility index (Phi) is 9.84. The second-order valence-electron chi connectivity index (χ2n) is 7.38. The van der Waals surface area contributed by atoms with Crippen LogP contribution in [0.1, 0.15) is 19.4 Å². The van der Waals surface area contributed by atoms with Gasteiger partial charge in [-0.15, -0.1) is 0 Å². The van der Waals surface area contributed by atoms with Crippen molar-refractivity contribution in [2.75, 3.05) is 30.2 Å². The molecular formula is C22H26Cl3N3O4S. The number of carbonyl (C=O) groups is 2. The molecule has 0 heterocycles. The number of rotatable bonds is 10. The molecule has 1 N–H and O–H groups in total. The van der Waals surface area contributed by atoms with Gasteiger partial charge in [0, 0.05) is 13.1 Å². The summed E-state index contributed by atoms with van der Waals surface area (Å²) in [7, 11) is -3.92. The third-order valence-corrected chi connectivity index (χ3v) is 7.09. The lowest BCUT2D eigenvalue weighted by atomic mass is 10.1. The van der Waals surface area contributed by atoms with Gasteiger partial charge >= 0.3 is 0 Å². The van der Waals surface area contributed by atoms with E-state index in [1.165, 1.54) is 17.0 Å². The maximum atomic E-state index is 13.3. The van der Waals surface area contributed by atoms with E-state index in [4.69, 9.17) is 34.8 Å². The predicted molar refractivity (Wildman–Crippen MR) is 134 cm³/mol. The van der Waals surface area contributed by atoms with Crippen molar-refractivity contribution >= 4 is 62.3 Å². The van der Waals surface area contributed by atoms with Crippen LogP contribution in [0.15, 0.2) is 42.5 Å². The molecule has 2 amide bonds. The zero-order valence-corrected chi connectivity index (χ0v) is 21.6. The van der Waals surface area contributed by atoms with Crippen LogP contribution in [0, 0.1) is 0 Å². The molecule has 0 aliphatic rings. The molecule has 7 nitrogen and oxygen atoms in total. The highest BCUT2D eigenvalue weighted by Gasteiger charge is 2.30. The first-order chi connectivity index (χ1) is 15.5. The molecule has 2 aromatic rings. The minimum Gasteiger partial charge on any atom is -0.355 e. The molecule has 2 rings (SSSR count). The summed E-state index contributed by atoms with van der Waals surface area (Å²) in [6.07, 6.45) is 1.45. The maximum Gasteiger partial charge on any atom is 0.244 e. The lowest BCUT2D eigenvalue weighted by molar-refractivity contribution is -0.138. The highest BCUT2D eigenvalue weighted by Crippen LogP contribution is 2.35. The molecule has 0 radical (unpaired) electrons. The summed E-state index contributed by atoms with van der Waals surface area (Å²) >= 11 is 18.2. The van der Waals surface area contributed by atoms with Crippen LogP contribution in [-0.2, 0) is 26.0 Å². The molecule has 11 heteroatoms. The standard InChI is InChI=1S/C22H26Cl3N3O4S/c1-4-26-22(30)15(2)27(11-10-16-8-6-5-7-9-16)21(29)14-28(33(3,31)32)20-13-18(24)17(23)12-19(20)25/h5-9,12-13,15H,4,10-11,14H2,1-3H3,(H,26,30)/t15-/m0/s1. The van der Waals surface area contributed by atoms with E-state index in [2.05, 4.69) is 5.32 Å². The number of sulfonamides is 1. The highest BCUT2D eigenvalue weighted by molar-refractivity contribution is 7.92. The van der Waals surface area contributed by atoms with Crippen molar-refractivity contribution in [3.63, 3.8) is 0 Å². The average molecular weight is 535 g/mol. The SMILES string of the molecule is CCNC(=O)[C@H](C)N(CCc1ccccc1)C(=O)CN(c1cc(Cl)c(Cl)cc1Cl)S(C)(=O)=O. The number of likely N-dealkylation sites (N-methyl/N-ethyl adjacent to an activating group) is 1. The zero-order valence-electron chi connectivity index (χ0n) is 18.5. The smallest absolute Gasteiger partial charge is 0.244 e. The second-order valence-corrected chi connectivity index (χ2v) is 10.5. The molecule has 0 aliphatic heterocycles. The monoisotopic (exact) mass is 533 g/mol. The van der Waals surface area contributed by atoms with E-state index in [0.717, 1.165) is 16.1 Å². The summed E-state index contributed by atoms with van der Waals surface area (Å²) in [5.41, 5.74) is 1.00. The minimum absolute atomic E-state index is 0.0234. The third-order valence-electron chi connectivity index (χ3n) is 4.94. The largest absolute Gasteiger partial charge is 0.355 e. The molecule has 0 fully saturated rings. The first kappa shape index (κ1) is 27.2. The predicted octanol–water partition coefficient (Wildman–Crippen LogP) is 4.01. The van der Waals surface area contributed by atoms with Gasteiger partial charge in [-0.05, 0) is 38.0 Å². The fourth-order valence-electron chi connectivity index (χ4n) is 3.19. The van der Waals surface area contributed by atoms with E-state index in [1.54, 1.807) is 13.8 Å². The zero-order chi connectivity index (χ0) is 24.8. The molecule has 0 saturated heterocycles. The molecule has 0 unspecified atom stereocenters. The van der Waals surface area contributed by atoms with Crippen LogP contribution in [-0.4, -0.2) is 57.1 Å². The number of benzene rings is 2. The Morgan fingerprint density at radius 1 is 1.03 bits per heavy atom. The van der Waals surface area contributed by atoms with Crippen LogP contribution in [0.4, 0.5) is 5.69 Å². The van der Waals surface area contributed by atoms with Gasteiger partial charge in [-0.3, -0.25) is 13.9 Å². The van der Waals surface area contributed by atoms with Crippen molar-refractivity contribution in [2.45, 2.75) is 26.3 Å². The summed E-state index contributed by atoms with van der Waals surface area (Å²) in [5.74, 6) is -0.894. The molecule has 0 saturated carbocycles. The number of hydrogen-bond donors (Lipinski definition) is 1. The first-order valence-corrected chi connectivity index (χ1v) is 13.2. The number of carbonyl (C=O) groups excluding carboxylic acids is 2. The van der Waals surface area contributed by atoms with Gasteiger partial charge in [0.1, 0.15) is 12.6 Å². The first-order valence-electron chi connectivity index (χ1n) is 10.2. The Morgan fingerprint density at radius 3 is 2.21 bits per heavy atom. The Morgan fingerprint density at radius 2 is 1.64 bits per heavy atom. The molecule has 1 atom stereocenters. The highest BCUT2D eigenvalue weighted by atomic mass is 35.5.